The van der Waals surface area contributed by atoms with E-state index in [9.17, 15) is 10.2 Å². The Morgan fingerprint density at radius 1 is 0.833 bits per heavy atom. The van der Waals surface area contributed by atoms with E-state index in [4.69, 9.17) is 0 Å². The molecule has 2 aliphatic rings. The van der Waals surface area contributed by atoms with Crippen LogP contribution in [0.15, 0.2) is 83.6 Å². The summed E-state index contributed by atoms with van der Waals surface area (Å²) in [6.07, 6.45) is 31.9. The molecule has 0 saturated heterocycles. The van der Waals surface area contributed by atoms with E-state index in [0.717, 1.165) is 25.7 Å². The van der Waals surface area contributed by atoms with Gasteiger partial charge in [-0.15, -0.1) is 0 Å². The van der Waals surface area contributed by atoms with E-state index in [-0.39, 0.29) is 23.0 Å². The zero-order chi connectivity index (χ0) is 31.5. The van der Waals surface area contributed by atoms with Crippen LogP contribution in [-0.2, 0) is 0 Å². The first-order valence-electron chi connectivity index (χ1n) is 16.7. The Hall–Kier alpha value is -1.90. The molecule has 0 aromatic heterocycles. The van der Waals surface area contributed by atoms with Gasteiger partial charge in [-0.2, -0.15) is 0 Å². The lowest BCUT2D eigenvalue weighted by Gasteiger charge is -2.39. The molecule has 2 nitrogen and oxygen atoms in total. The molecule has 0 amide bonds. The fourth-order valence-corrected chi connectivity index (χ4v) is 7.00. The minimum absolute atomic E-state index is 0.0392. The molecule has 2 heteroatoms. The number of allylic oxidation sites excluding steroid dienone is 12. The van der Waals surface area contributed by atoms with Crippen molar-refractivity contribution in [3.05, 3.63) is 83.6 Å². The lowest BCUT2D eigenvalue weighted by molar-refractivity contribution is 0.116. The molecule has 0 saturated carbocycles. The third-order valence-corrected chi connectivity index (χ3v) is 9.46. The molecular weight excluding hydrogens is 512 g/mol. The van der Waals surface area contributed by atoms with E-state index in [1.807, 2.05) is 6.08 Å². The molecule has 0 radical (unpaired) electrons. The maximum atomic E-state index is 10.1. The Morgan fingerprint density at radius 2 is 1.45 bits per heavy atom. The summed E-state index contributed by atoms with van der Waals surface area (Å²) in [5, 5.41) is 20.2. The quantitative estimate of drug-likeness (QED) is 0.159. The lowest BCUT2D eigenvalue weighted by Crippen LogP contribution is -2.32. The summed E-state index contributed by atoms with van der Waals surface area (Å²) in [5.74, 6) is 2.52. The van der Waals surface area contributed by atoms with Crippen LogP contribution in [0.25, 0.3) is 0 Å². The van der Waals surface area contributed by atoms with Gasteiger partial charge in [-0.05, 0) is 92.4 Å². The predicted molar refractivity (Wildman–Crippen MR) is 184 cm³/mol. The van der Waals surface area contributed by atoms with Crippen molar-refractivity contribution < 1.29 is 10.2 Å². The number of aliphatic hydroxyl groups is 2. The summed E-state index contributed by atoms with van der Waals surface area (Å²) in [4.78, 5) is 0. The highest BCUT2D eigenvalue weighted by molar-refractivity contribution is 5.34. The average Bonchev–Trinajstić information content (AvgIpc) is 2.84. The van der Waals surface area contributed by atoms with Crippen molar-refractivity contribution in [3.63, 3.8) is 0 Å². The molecule has 0 aliphatic heterocycles. The molecule has 0 aromatic rings. The van der Waals surface area contributed by atoms with Gasteiger partial charge in [0.1, 0.15) is 0 Å². The van der Waals surface area contributed by atoms with Crippen molar-refractivity contribution >= 4 is 0 Å². The third-order valence-electron chi connectivity index (χ3n) is 9.46. The van der Waals surface area contributed by atoms with Crippen LogP contribution in [0.1, 0.15) is 114 Å². The molecule has 236 valence electrons. The SMILES string of the molecule is CC1=C[C@H](O)CC(C)(C)[C@H]1/C=C/C(C)CCCC(C)/C=C/C=C/C(C)C/C=C/C(C)/C=C/C1=C(C)C[C@H](O)CC1(C)C. The van der Waals surface area contributed by atoms with Crippen LogP contribution in [0.2, 0.25) is 0 Å². The van der Waals surface area contributed by atoms with Gasteiger partial charge in [0.25, 0.3) is 0 Å². The summed E-state index contributed by atoms with van der Waals surface area (Å²) in [5.41, 5.74) is 4.17. The van der Waals surface area contributed by atoms with Gasteiger partial charge in [0.15, 0.2) is 0 Å². The van der Waals surface area contributed by atoms with Gasteiger partial charge in [-0.25, -0.2) is 0 Å². The Balaban J connectivity index is 1.69. The molecule has 0 fully saturated rings. The van der Waals surface area contributed by atoms with Crippen LogP contribution < -0.4 is 0 Å². The smallest absolute Gasteiger partial charge is 0.0729 e. The van der Waals surface area contributed by atoms with Crippen molar-refractivity contribution in [2.75, 3.05) is 0 Å². The summed E-state index contributed by atoms with van der Waals surface area (Å²) in [7, 11) is 0. The maximum Gasteiger partial charge on any atom is 0.0729 e. The Bertz CT molecular complexity index is 1040. The predicted octanol–water partition coefficient (Wildman–Crippen LogP) is 10.7. The first kappa shape index (κ1) is 36.3. The van der Waals surface area contributed by atoms with E-state index >= 15 is 0 Å². The highest BCUT2D eigenvalue weighted by Crippen LogP contribution is 2.42. The first-order valence-corrected chi connectivity index (χ1v) is 16.7. The highest BCUT2D eigenvalue weighted by atomic mass is 16.3. The standard InChI is InChI=1S/C40H64O2/c1-29(17-13-19-31(3)21-23-37-33(5)25-35(41)27-39(37,7)8)15-11-12-16-30(2)18-14-20-32(4)22-24-38-34(6)26-36(42)28-40(38,9)10/h11-13,15-16,19,21-24,26,29-32,35-36,38,41-42H,14,17-18,20,25,27-28H2,1-10H3/b15-11+,16-12+,19-13+,23-21+,24-22+/t29?,30?,31?,32?,35-,36-,38-/m0/s1. The van der Waals surface area contributed by atoms with Gasteiger partial charge in [0, 0.05) is 5.92 Å². The van der Waals surface area contributed by atoms with Gasteiger partial charge in [0.05, 0.1) is 12.2 Å². The van der Waals surface area contributed by atoms with Gasteiger partial charge >= 0.3 is 0 Å². The number of aliphatic hydroxyl groups excluding tert-OH is 2. The summed E-state index contributed by atoms with van der Waals surface area (Å²) < 4.78 is 0. The van der Waals surface area contributed by atoms with Crippen LogP contribution in [0.4, 0.5) is 0 Å². The van der Waals surface area contributed by atoms with Crippen molar-refractivity contribution in [1.29, 1.82) is 0 Å². The third kappa shape index (κ3) is 12.4. The van der Waals surface area contributed by atoms with Crippen LogP contribution in [0, 0.1) is 40.4 Å². The van der Waals surface area contributed by atoms with Gasteiger partial charge < -0.3 is 10.2 Å². The molecular formula is C40H64O2. The van der Waals surface area contributed by atoms with Crippen molar-refractivity contribution in [2.45, 2.75) is 126 Å². The normalized spacial score (nSPS) is 27.9. The van der Waals surface area contributed by atoms with Crippen molar-refractivity contribution in [1.82, 2.24) is 0 Å². The van der Waals surface area contributed by atoms with E-state index in [1.165, 1.54) is 36.0 Å². The summed E-state index contributed by atoms with van der Waals surface area (Å²) >= 11 is 0. The second-order valence-corrected chi connectivity index (χ2v) is 15.2. The molecule has 7 atom stereocenters. The van der Waals surface area contributed by atoms with Crippen molar-refractivity contribution in [3.8, 4) is 0 Å². The summed E-state index contributed by atoms with van der Waals surface area (Å²) in [6, 6.07) is 0. The van der Waals surface area contributed by atoms with Gasteiger partial charge in [-0.3, -0.25) is 0 Å². The largest absolute Gasteiger partial charge is 0.393 e. The minimum atomic E-state index is -0.298. The van der Waals surface area contributed by atoms with Gasteiger partial charge in [0.2, 0.25) is 0 Å². The Labute approximate surface area is 260 Å². The van der Waals surface area contributed by atoms with Gasteiger partial charge in [-0.1, -0.05) is 140 Å². The van der Waals surface area contributed by atoms with E-state index < -0.39 is 0 Å². The number of rotatable bonds is 14. The monoisotopic (exact) mass is 576 g/mol. The Kier molecular flexibility index (Phi) is 14.5. The molecule has 0 bridgehead atoms. The molecule has 42 heavy (non-hydrogen) atoms. The highest BCUT2D eigenvalue weighted by Gasteiger charge is 2.34. The van der Waals surface area contributed by atoms with Crippen LogP contribution in [0.3, 0.4) is 0 Å². The molecule has 2 rings (SSSR count). The molecule has 4 unspecified atom stereocenters. The first-order chi connectivity index (χ1) is 19.6. The second-order valence-electron chi connectivity index (χ2n) is 15.2. The number of hydrogen-bond donors (Lipinski definition) is 2. The van der Waals surface area contributed by atoms with E-state index in [2.05, 4.69) is 130 Å². The topological polar surface area (TPSA) is 40.5 Å². The Morgan fingerprint density at radius 3 is 2.07 bits per heavy atom. The molecule has 2 aliphatic carbocycles. The van der Waals surface area contributed by atoms with Crippen LogP contribution in [-0.4, -0.2) is 22.4 Å². The lowest BCUT2D eigenvalue weighted by atomic mass is 9.67. The fourth-order valence-electron chi connectivity index (χ4n) is 7.00. The molecule has 0 heterocycles. The fraction of sp³-hybridized carbons (Fsp3) is 0.650. The molecule has 0 spiro atoms. The number of hydrogen-bond acceptors (Lipinski definition) is 2. The second kappa shape index (κ2) is 16.8. The zero-order valence-electron chi connectivity index (χ0n) is 28.7. The van der Waals surface area contributed by atoms with Crippen LogP contribution >= 0.6 is 0 Å². The zero-order valence-corrected chi connectivity index (χ0v) is 28.7. The average molecular weight is 577 g/mol. The van der Waals surface area contributed by atoms with Crippen molar-refractivity contribution in [2.24, 2.45) is 40.4 Å². The molecule has 0 aromatic carbocycles. The van der Waals surface area contributed by atoms with Crippen LogP contribution in [0.5, 0.6) is 0 Å². The maximum absolute atomic E-state index is 10.1. The summed E-state index contributed by atoms with van der Waals surface area (Å²) in [6.45, 7) is 22.6. The van der Waals surface area contributed by atoms with E-state index in [0.29, 0.717) is 29.6 Å². The van der Waals surface area contributed by atoms with E-state index in [1.54, 1.807) is 0 Å². The molecule has 2 N–H and O–H groups in total. The minimum Gasteiger partial charge on any atom is -0.393 e.